The molecule has 0 spiro atoms. The zero-order chi connectivity index (χ0) is 24.0. The lowest BCUT2D eigenvalue weighted by molar-refractivity contribution is -0.126. The molecule has 1 N–H and O–H groups in total. The predicted molar refractivity (Wildman–Crippen MR) is 128 cm³/mol. The van der Waals surface area contributed by atoms with Crippen molar-refractivity contribution in [3.05, 3.63) is 58.4 Å². The molecule has 1 saturated heterocycles. The molecule has 1 aromatic carbocycles. The first kappa shape index (κ1) is 24.7. The monoisotopic (exact) mass is 472 g/mol. The number of nitrogens with one attached hydrogen (secondary N) is 1. The number of fused-ring (bicyclic) bond motifs is 1. The summed E-state index contributed by atoms with van der Waals surface area (Å²) in [6.45, 7) is 4.95. The second-order valence-corrected chi connectivity index (χ2v) is 8.32. The summed E-state index contributed by atoms with van der Waals surface area (Å²) in [4.78, 5) is 28.1. The van der Waals surface area contributed by atoms with Crippen molar-refractivity contribution in [2.75, 3.05) is 40.9 Å². The van der Waals surface area contributed by atoms with Gasteiger partial charge in [-0.05, 0) is 37.7 Å². The van der Waals surface area contributed by atoms with Crippen LogP contribution >= 0.6 is 11.6 Å². The first-order valence-corrected chi connectivity index (χ1v) is 11.0. The molecule has 1 atom stereocenters. The predicted octanol–water partition coefficient (Wildman–Crippen LogP) is 2.99. The Morgan fingerprint density at radius 3 is 2.76 bits per heavy atom. The average molecular weight is 473 g/mol. The number of halogens is 1. The van der Waals surface area contributed by atoms with E-state index in [4.69, 9.17) is 26.1 Å². The number of morpholine rings is 1. The van der Waals surface area contributed by atoms with Crippen LogP contribution in [0.25, 0.3) is 16.9 Å². The van der Waals surface area contributed by atoms with E-state index >= 15 is 0 Å². The van der Waals surface area contributed by atoms with Gasteiger partial charge in [-0.2, -0.15) is 0 Å². The van der Waals surface area contributed by atoms with Crippen molar-refractivity contribution in [1.29, 1.82) is 0 Å². The van der Waals surface area contributed by atoms with Crippen LogP contribution in [0.1, 0.15) is 21.6 Å². The number of pyridine rings is 1. The van der Waals surface area contributed by atoms with Gasteiger partial charge >= 0.3 is 0 Å². The highest BCUT2D eigenvalue weighted by Gasteiger charge is 2.24. The van der Waals surface area contributed by atoms with Gasteiger partial charge in [0.05, 0.1) is 31.2 Å². The second-order valence-electron chi connectivity index (χ2n) is 7.88. The van der Waals surface area contributed by atoms with Gasteiger partial charge in [-0.15, -0.1) is 0 Å². The van der Waals surface area contributed by atoms with Crippen LogP contribution in [-0.4, -0.2) is 73.7 Å². The number of amides is 1. The molecule has 176 valence electrons. The van der Waals surface area contributed by atoms with Crippen LogP contribution < -0.4 is 5.32 Å². The molecule has 1 fully saturated rings. The zero-order valence-corrected chi connectivity index (χ0v) is 20.1. The Balaban J connectivity index is 0.000000709. The number of benzene rings is 1. The van der Waals surface area contributed by atoms with Crippen molar-refractivity contribution in [2.45, 2.75) is 19.4 Å². The molecule has 2 aromatic heterocycles. The molecule has 0 aliphatic carbocycles. The maximum Gasteiger partial charge on any atom is 0.292 e. The third kappa shape index (κ3) is 5.90. The summed E-state index contributed by atoms with van der Waals surface area (Å²) in [5.74, 6) is -0.0969. The van der Waals surface area contributed by atoms with Crippen LogP contribution in [0.2, 0.25) is 5.02 Å². The van der Waals surface area contributed by atoms with Crippen molar-refractivity contribution in [3.63, 3.8) is 0 Å². The molecule has 9 heteroatoms. The molecule has 1 amide bonds. The number of carbonyl (C=O) groups is 2. The summed E-state index contributed by atoms with van der Waals surface area (Å²) in [5.41, 5.74) is 5.46. The maximum absolute atomic E-state index is 12.0. The first-order valence-electron chi connectivity index (χ1n) is 10.6. The van der Waals surface area contributed by atoms with Crippen LogP contribution in [0, 0.1) is 6.92 Å². The van der Waals surface area contributed by atoms with Crippen LogP contribution in [0.15, 0.2) is 36.5 Å². The van der Waals surface area contributed by atoms with Crippen molar-refractivity contribution in [1.82, 2.24) is 19.6 Å². The number of aromatic nitrogens is 2. The molecular weight excluding hydrogens is 444 g/mol. The highest BCUT2D eigenvalue weighted by molar-refractivity contribution is 6.30. The minimum absolute atomic E-state index is 0.0969. The minimum atomic E-state index is -0.0969. The summed E-state index contributed by atoms with van der Waals surface area (Å²) >= 11 is 6.21. The van der Waals surface area contributed by atoms with E-state index in [1.165, 1.54) is 7.11 Å². The van der Waals surface area contributed by atoms with E-state index in [1.54, 1.807) is 7.05 Å². The van der Waals surface area contributed by atoms with Gasteiger partial charge in [-0.1, -0.05) is 17.7 Å². The second kappa shape index (κ2) is 11.3. The molecule has 1 aliphatic rings. The van der Waals surface area contributed by atoms with E-state index in [-0.39, 0.29) is 12.0 Å². The Hall–Kier alpha value is -2.94. The number of hydrogen-bond acceptors (Lipinski definition) is 6. The summed E-state index contributed by atoms with van der Waals surface area (Å²) in [7, 11) is 5.07. The fourth-order valence-corrected chi connectivity index (χ4v) is 4.06. The van der Waals surface area contributed by atoms with Crippen molar-refractivity contribution in [3.8, 4) is 11.3 Å². The van der Waals surface area contributed by atoms with E-state index in [9.17, 15) is 4.79 Å². The molecular formula is C24H29ClN4O4. The maximum atomic E-state index is 12.0. The molecule has 8 nitrogen and oxygen atoms in total. The van der Waals surface area contributed by atoms with Crippen LogP contribution in [0.4, 0.5) is 0 Å². The van der Waals surface area contributed by atoms with E-state index < -0.39 is 0 Å². The number of rotatable bonds is 5. The third-order valence-corrected chi connectivity index (χ3v) is 5.75. The molecule has 4 rings (SSSR count). The normalized spacial score (nSPS) is 16.1. The van der Waals surface area contributed by atoms with Gasteiger partial charge in [-0.25, -0.2) is 4.98 Å². The summed E-state index contributed by atoms with van der Waals surface area (Å²) in [6.07, 6.45) is 2.82. The zero-order valence-electron chi connectivity index (χ0n) is 19.3. The fourth-order valence-electron chi connectivity index (χ4n) is 3.90. The topological polar surface area (TPSA) is 85.2 Å². The van der Waals surface area contributed by atoms with E-state index in [2.05, 4.69) is 26.4 Å². The summed E-state index contributed by atoms with van der Waals surface area (Å²) in [5, 5.41) is 3.32. The van der Waals surface area contributed by atoms with Crippen LogP contribution in [0.3, 0.4) is 0 Å². The Morgan fingerprint density at radius 2 is 2.12 bits per heavy atom. The van der Waals surface area contributed by atoms with E-state index in [0.29, 0.717) is 17.1 Å². The SMILES string of the molecule is CNC(=O)c1ccc(-c2nc3cc(Cl)ccn3c2CC2CN(C)CCO2)c(C)c1.COC=O. The van der Waals surface area contributed by atoms with Gasteiger partial charge in [0.25, 0.3) is 12.4 Å². The number of carbonyl (C=O) groups excluding carboxylic acids is 2. The Labute approximate surface area is 198 Å². The molecule has 1 aliphatic heterocycles. The minimum Gasteiger partial charge on any atom is -0.471 e. The van der Waals surface area contributed by atoms with Gasteiger partial charge in [0, 0.05) is 55.0 Å². The highest BCUT2D eigenvalue weighted by atomic mass is 35.5. The van der Waals surface area contributed by atoms with Gasteiger partial charge in [0.2, 0.25) is 0 Å². The van der Waals surface area contributed by atoms with Crippen LogP contribution in [-0.2, 0) is 20.7 Å². The number of imidazole rings is 1. The largest absolute Gasteiger partial charge is 0.471 e. The molecule has 3 heterocycles. The molecule has 0 bridgehead atoms. The Morgan fingerprint density at radius 1 is 1.36 bits per heavy atom. The van der Waals surface area contributed by atoms with Gasteiger partial charge < -0.3 is 24.1 Å². The summed E-state index contributed by atoms with van der Waals surface area (Å²) in [6, 6.07) is 9.46. The van der Waals surface area contributed by atoms with Gasteiger partial charge in [0.15, 0.2) is 0 Å². The van der Waals surface area contributed by atoms with Crippen LogP contribution in [0.5, 0.6) is 0 Å². The number of aryl methyl sites for hydroxylation is 1. The lowest BCUT2D eigenvalue weighted by atomic mass is 9.99. The molecule has 0 radical (unpaired) electrons. The molecule has 33 heavy (non-hydrogen) atoms. The quantitative estimate of drug-likeness (QED) is 0.575. The first-order chi connectivity index (χ1) is 15.9. The number of likely N-dealkylation sites (N-methyl/N-ethyl adjacent to an activating group) is 1. The lowest BCUT2D eigenvalue weighted by Gasteiger charge is -2.30. The van der Waals surface area contributed by atoms with Gasteiger partial charge in [0.1, 0.15) is 5.65 Å². The van der Waals surface area contributed by atoms with Gasteiger partial charge in [-0.3, -0.25) is 9.59 Å². The number of ether oxygens (including phenoxy) is 2. The summed E-state index contributed by atoms with van der Waals surface area (Å²) < 4.78 is 12.0. The number of methoxy groups -OCH3 is 1. The van der Waals surface area contributed by atoms with Crippen molar-refractivity contribution < 1.29 is 19.1 Å². The third-order valence-electron chi connectivity index (χ3n) is 5.52. The number of hydrogen-bond donors (Lipinski definition) is 1. The fraction of sp³-hybridized carbons (Fsp3) is 0.375. The molecule has 0 saturated carbocycles. The molecule has 3 aromatic rings. The van der Waals surface area contributed by atoms with E-state index in [1.807, 2.05) is 43.5 Å². The lowest BCUT2D eigenvalue weighted by Crippen LogP contribution is -2.41. The number of nitrogens with zero attached hydrogens (tertiary/aromatic N) is 3. The van der Waals surface area contributed by atoms with Crippen molar-refractivity contribution >= 4 is 29.6 Å². The Kier molecular flexibility index (Phi) is 8.43. The smallest absolute Gasteiger partial charge is 0.292 e. The highest BCUT2D eigenvalue weighted by Crippen LogP contribution is 2.30. The standard InChI is InChI=1S/C22H25ClN4O2.C2H4O2/c1-14-10-15(22(28)24-2)4-5-18(14)21-19(12-17-13-26(3)8-9-29-17)27-7-6-16(23)11-20(27)25-21;1-4-2-3/h4-7,10-11,17H,8-9,12-13H2,1-3H3,(H,24,28);2H,1H3. The van der Waals surface area contributed by atoms with Crippen molar-refractivity contribution in [2.24, 2.45) is 0 Å². The van der Waals surface area contributed by atoms with E-state index in [0.717, 1.165) is 54.3 Å². The molecule has 1 unspecified atom stereocenters. The Bertz CT molecular complexity index is 1130. The average Bonchev–Trinajstić information content (AvgIpc) is 3.15.